The molecule has 0 atom stereocenters. The Morgan fingerprint density at radius 2 is 1.82 bits per heavy atom. The summed E-state index contributed by atoms with van der Waals surface area (Å²) in [6.45, 7) is 0.691. The summed E-state index contributed by atoms with van der Waals surface area (Å²) < 4.78 is 7.04. The maximum atomic E-state index is 5.24. The fourth-order valence-corrected chi connectivity index (χ4v) is 2.93. The predicted octanol–water partition coefficient (Wildman–Crippen LogP) is 3.87. The fourth-order valence-electron chi connectivity index (χ4n) is 2.93. The number of hydrogen-bond acceptors (Lipinski definition) is 5. The molecule has 4 rings (SSSR count). The van der Waals surface area contributed by atoms with E-state index in [1.54, 1.807) is 24.2 Å². The predicted molar refractivity (Wildman–Crippen MR) is 109 cm³/mol. The summed E-state index contributed by atoms with van der Waals surface area (Å²) in [6, 6.07) is 18.3. The largest absolute Gasteiger partial charge is 0.497 e. The number of anilines is 1. The highest BCUT2D eigenvalue weighted by Gasteiger charge is 2.10. The van der Waals surface area contributed by atoms with Gasteiger partial charge in [-0.1, -0.05) is 42.5 Å². The Bertz CT molecular complexity index is 1010. The molecule has 2 aromatic carbocycles. The van der Waals surface area contributed by atoms with Crippen LogP contribution in [0, 0.1) is 0 Å². The van der Waals surface area contributed by atoms with Crippen LogP contribution in [0.2, 0.25) is 0 Å². The normalized spacial score (nSPS) is 10.6. The lowest BCUT2D eigenvalue weighted by atomic mass is 10.1. The number of hydrogen-bond donors (Lipinski definition) is 1. The number of rotatable bonds is 7. The highest BCUT2D eigenvalue weighted by atomic mass is 16.5. The van der Waals surface area contributed by atoms with Crippen molar-refractivity contribution < 1.29 is 4.74 Å². The standard InChI is InChI=1S/C22H21N5O/c1-28-20-9-7-17(8-10-20)13-19-15-25-22(27-12-11-23-16-27)26-21(19)24-14-18-5-3-2-4-6-18/h2-12,15-16H,13-14H2,1H3,(H,24,25,26). The van der Waals surface area contributed by atoms with Crippen LogP contribution in [0.15, 0.2) is 79.5 Å². The van der Waals surface area contributed by atoms with Crippen LogP contribution in [0.3, 0.4) is 0 Å². The van der Waals surface area contributed by atoms with E-state index in [0.29, 0.717) is 12.5 Å². The minimum atomic E-state index is 0.589. The van der Waals surface area contributed by atoms with Crippen molar-refractivity contribution in [3.8, 4) is 11.7 Å². The molecule has 0 aliphatic heterocycles. The van der Waals surface area contributed by atoms with Crippen LogP contribution < -0.4 is 10.1 Å². The van der Waals surface area contributed by atoms with Crippen LogP contribution in [0.25, 0.3) is 5.95 Å². The molecule has 0 radical (unpaired) electrons. The molecule has 6 nitrogen and oxygen atoms in total. The van der Waals surface area contributed by atoms with Crippen molar-refractivity contribution >= 4 is 5.82 Å². The molecule has 1 N–H and O–H groups in total. The van der Waals surface area contributed by atoms with Crippen molar-refractivity contribution in [3.63, 3.8) is 0 Å². The van der Waals surface area contributed by atoms with E-state index < -0.39 is 0 Å². The van der Waals surface area contributed by atoms with Gasteiger partial charge in [0, 0.05) is 37.1 Å². The summed E-state index contributed by atoms with van der Waals surface area (Å²) in [5.41, 5.74) is 3.40. The van der Waals surface area contributed by atoms with Gasteiger partial charge in [0.1, 0.15) is 17.9 Å². The first-order chi connectivity index (χ1) is 13.8. The summed E-state index contributed by atoms with van der Waals surface area (Å²) >= 11 is 0. The first kappa shape index (κ1) is 17.7. The van der Waals surface area contributed by atoms with E-state index in [0.717, 1.165) is 23.6 Å². The zero-order valence-corrected chi connectivity index (χ0v) is 15.6. The minimum Gasteiger partial charge on any atom is -0.497 e. The van der Waals surface area contributed by atoms with Gasteiger partial charge in [-0.2, -0.15) is 4.98 Å². The number of aromatic nitrogens is 4. The van der Waals surface area contributed by atoms with Crippen LogP contribution in [-0.2, 0) is 13.0 Å². The molecule has 0 unspecified atom stereocenters. The van der Waals surface area contributed by atoms with Gasteiger partial charge >= 0.3 is 0 Å². The minimum absolute atomic E-state index is 0.589. The van der Waals surface area contributed by atoms with E-state index in [9.17, 15) is 0 Å². The highest BCUT2D eigenvalue weighted by molar-refractivity contribution is 5.48. The third-order valence-corrected chi connectivity index (χ3v) is 4.44. The number of benzene rings is 2. The average molecular weight is 371 g/mol. The second-order valence-corrected chi connectivity index (χ2v) is 6.38. The summed E-state index contributed by atoms with van der Waals surface area (Å²) in [4.78, 5) is 13.3. The molecule has 0 bridgehead atoms. The molecule has 0 saturated carbocycles. The molecule has 0 aliphatic carbocycles. The van der Waals surface area contributed by atoms with Gasteiger partial charge in [-0.25, -0.2) is 9.97 Å². The van der Waals surface area contributed by atoms with Crippen LogP contribution in [0.4, 0.5) is 5.82 Å². The van der Waals surface area contributed by atoms with Gasteiger partial charge in [0.15, 0.2) is 0 Å². The number of imidazole rings is 1. The molecule has 0 aliphatic rings. The van der Waals surface area contributed by atoms with Gasteiger partial charge < -0.3 is 10.1 Å². The Hall–Kier alpha value is -3.67. The van der Waals surface area contributed by atoms with Crippen molar-refractivity contribution in [3.05, 3.63) is 96.2 Å². The summed E-state index contributed by atoms with van der Waals surface area (Å²) in [5.74, 6) is 2.25. The molecule has 140 valence electrons. The van der Waals surface area contributed by atoms with Crippen LogP contribution in [0.1, 0.15) is 16.7 Å². The topological polar surface area (TPSA) is 64.9 Å². The van der Waals surface area contributed by atoms with Crippen LogP contribution in [0.5, 0.6) is 5.75 Å². The van der Waals surface area contributed by atoms with Gasteiger partial charge in [-0.05, 0) is 23.3 Å². The second kappa shape index (κ2) is 8.35. The summed E-state index contributed by atoms with van der Waals surface area (Å²) in [5, 5.41) is 3.47. The molecule has 4 aromatic rings. The molecule has 0 amide bonds. The quantitative estimate of drug-likeness (QED) is 0.534. The maximum absolute atomic E-state index is 5.24. The average Bonchev–Trinajstić information content (AvgIpc) is 3.29. The molecule has 6 heteroatoms. The molecule has 0 fully saturated rings. The van der Waals surface area contributed by atoms with Crippen LogP contribution in [-0.4, -0.2) is 26.6 Å². The van der Waals surface area contributed by atoms with E-state index in [2.05, 4.69) is 39.6 Å². The van der Waals surface area contributed by atoms with Gasteiger partial charge in [0.05, 0.1) is 7.11 Å². The van der Waals surface area contributed by atoms with Crippen LogP contribution >= 0.6 is 0 Å². The Balaban J connectivity index is 1.61. The Morgan fingerprint density at radius 3 is 2.54 bits per heavy atom. The number of nitrogens with zero attached hydrogens (tertiary/aromatic N) is 4. The van der Waals surface area contributed by atoms with Crippen molar-refractivity contribution in [2.45, 2.75) is 13.0 Å². The maximum Gasteiger partial charge on any atom is 0.236 e. The molecule has 28 heavy (non-hydrogen) atoms. The van der Waals surface area contributed by atoms with Gasteiger partial charge in [0.2, 0.25) is 5.95 Å². The van der Waals surface area contributed by atoms with Crippen molar-refractivity contribution in [2.75, 3.05) is 12.4 Å². The number of ether oxygens (including phenoxy) is 1. The second-order valence-electron chi connectivity index (χ2n) is 6.38. The SMILES string of the molecule is COc1ccc(Cc2cnc(-n3ccnc3)nc2NCc2ccccc2)cc1. The Morgan fingerprint density at radius 1 is 1.00 bits per heavy atom. The Labute approximate surface area is 163 Å². The highest BCUT2D eigenvalue weighted by Crippen LogP contribution is 2.20. The molecule has 0 spiro atoms. The Kier molecular flexibility index (Phi) is 5.29. The first-order valence-corrected chi connectivity index (χ1v) is 9.07. The molecular formula is C22H21N5O. The number of methoxy groups -OCH3 is 1. The van der Waals surface area contributed by atoms with Gasteiger partial charge in [-0.3, -0.25) is 4.57 Å². The summed E-state index contributed by atoms with van der Waals surface area (Å²) in [7, 11) is 1.67. The van der Waals surface area contributed by atoms with E-state index in [4.69, 9.17) is 9.72 Å². The van der Waals surface area contributed by atoms with Crippen molar-refractivity contribution in [2.24, 2.45) is 0 Å². The monoisotopic (exact) mass is 371 g/mol. The van der Waals surface area contributed by atoms with Gasteiger partial charge in [-0.15, -0.1) is 0 Å². The molecule has 2 heterocycles. The third kappa shape index (κ3) is 4.17. The first-order valence-electron chi connectivity index (χ1n) is 9.07. The van der Waals surface area contributed by atoms with E-state index in [1.807, 2.05) is 42.7 Å². The smallest absolute Gasteiger partial charge is 0.236 e. The third-order valence-electron chi connectivity index (χ3n) is 4.44. The zero-order valence-electron chi connectivity index (χ0n) is 15.6. The molecular weight excluding hydrogens is 350 g/mol. The van der Waals surface area contributed by atoms with E-state index >= 15 is 0 Å². The van der Waals surface area contributed by atoms with E-state index in [1.165, 1.54) is 11.1 Å². The fraction of sp³-hybridized carbons (Fsp3) is 0.136. The molecule has 0 saturated heterocycles. The van der Waals surface area contributed by atoms with E-state index in [-0.39, 0.29) is 0 Å². The van der Waals surface area contributed by atoms with Crippen molar-refractivity contribution in [1.82, 2.24) is 19.5 Å². The number of nitrogens with one attached hydrogen (secondary N) is 1. The zero-order chi connectivity index (χ0) is 19.2. The lowest BCUT2D eigenvalue weighted by molar-refractivity contribution is 0.414. The van der Waals surface area contributed by atoms with Gasteiger partial charge in [0.25, 0.3) is 0 Å². The summed E-state index contributed by atoms with van der Waals surface area (Å²) in [6.07, 6.45) is 7.84. The molecule has 2 aromatic heterocycles. The lowest BCUT2D eigenvalue weighted by Gasteiger charge is -2.13. The van der Waals surface area contributed by atoms with Crippen molar-refractivity contribution in [1.29, 1.82) is 0 Å². The lowest BCUT2D eigenvalue weighted by Crippen LogP contribution is -2.09.